The third kappa shape index (κ3) is 6.62. The van der Waals surface area contributed by atoms with Crippen molar-refractivity contribution in [2.75, 3.05) is 35.4 Å². The van der Waals surface area contributed by atoms with Gasteiger partial charge in [0, 0.05) is 0 Å². The first-order valence-electron chi connectivity index (χ1n) is 4.55. The predicted octanol–water partition coefficient (Wildman–Crippen LogP) is 0.675. The molecule has 4 heteroatoms. The van der Waals surface area contributed by atoms with Crippen LogP contribution in [-0.4, -0.2) is 62.8 Å². The van der Waals surface area contributed by atoms with Gasteiger partial charge in [0.15, 0.2) is 0 Å². The van der Waals surface area contributed by atoms with Crippen LogP contribution in [0.3, 0.4) is 0 Å². The van der Waals surface area contributed by atoms with E-state index in [1.165, 1.54) is 26.1 Å². The van der Waals surface area contributed by atoms with Crippen LogP contribution in [0.15, 0.2) is 18.2 Å². The summed E-state index contributed by atoms with van der Waals surface area (Å²) in [5.41, 5.74) is 0. The molecular weight excluding hydrogens is 297 g/mol. The van der Waals surface area contributed by atoms with Crippen LogP contribution in [0.25, 0.3) is 0 Å². The van der Waals surface area contributed by atoms with Gasteiger partial charge in [0.2, 0.25) is 0 Å². The zero-order chi connectivity index (χ0) is 11.8. The molecule has 1 rings (SSSR count). The molecule has 83 valence electrons. The molecule has 15 heavy (non-hydrogen) atoms. The number of rotatable bonds is 2. The van der Waals surface area contributed by atoms with Crippen molar-refractivity contribution in [3.05, 3.63) is 18.2 Å². The van der Waals surface area contributed by atoms with Gasteiger partial charge in [-0.15, -0.1) is 0 Å². The minimum atomic E-state index is 0.887. The van der Waals surface area contributed by atoms with Crippen LogP contribution in [0.1, 0.15) is 0 Å². The van der Waals surface area contributed by atoms with Crippen LogP contribution < -0.4 is 13.1 Å². The molecule has 0 heterocycles. The number of ether oxygens (including phenoxy) is 2. The van der Waals surface area contributed by atoms with E-state index >= 15 is 0 Å². The molecule has 0 aliphatic rings. The van der Waals surface area contributed by atoms with Crippen molar-refractivity contribution in [2.24, 2.45) is 0 Å². The molecule has 0 fully saturated rings. The molecule has 0 spiro atoms. The van der Waals surface area contributed by atoms with Crippen molar-refractivity contribution >= 4 is 26.1 Å². The number of hydrogen-bond donors (Lipinski definition) is 0. The van der Waals surface area contributed by atoms with Gasteiger partial charge < -0.3 is 4.90 Å². The van der Waals surface area contributed by atoms with Crippen molar-refractivity contribution in [1.29, 1.82) is 0 Å². The third-order valence-corrected chi connectivity index (χ3v) is 2.52. The molecule has 0 atom stereocenters. The Bertz CT molecular complexity index is 287. The second-order valence-corrected chi connectivity index (χ2v) is 4.95. The molecule has 0 unspecified atom stereocenters. The van der Waals surface area contributed by atoms with E-state index in [4.69, 9.17) is 9.47 Å². The zero-order valence-corrected chi connectivity index (χ0v) is 12.8. The molecule has 1 aromatic rings. The second-order valence-electron chi connectivity index (χ2n) is 3.41. The fraction of sp³-hybridized carbons (Fsp3) is 0.455. The van der Waals surface area contributed by atoms with Crippen LogP contribution >= 0.6 is 0 Å². The summed E-state index contributed by atoms with van der Waals surface area (Å²) >= 11 is 1.34. The van der Waals surface area contributed by atoms with E-state index in [0.717, 1.165) is 11.5 Å². The van der Waals surface area contributed by atoms with Gasteiger partial charge in [-0.05, 0) is 21.1 Å². The number of hydrogen-bond acceptors (Lipinski definition) is 3. The Morgan fingerprint density at radius 3 is 1.93 bits per heavy atom. The van der Waals surface area contributed by atoms with Crippen molar-refractivity contribution in [1.82, 2.24) is 4.90 Å². The first-order valence-corrected chi connectivity index (χ1v) is 5.98. The van der Waals surface area contributed by atoms with E-state index in [-0.39, 0.29) is 0 Å². The summed E-state index contributed by atoms with van der Waals surface area (Å²) in [6.45, 7) is 0. The maximum atomic E-state index is 5.11. The zero-order valence-electron chi connectivity index (χ0n) is 10.00. The molecule has 3 nitrogen and oxygen atoms in total. The molecular formula is C11H18NO2Sn. The Morgan fingerprint density at radius 2 is 1.60 bits per heavy atom. The van der Waals surface area contributed by atoms with E-state index in [2.05, 4.69) is 0 Å². The van der Waals surface area contributed by atoms with Crippen LogP contribution in [0.5, 0.6) is 11.5 Å². The Labute approximate surface area is 105 Å². The molecule has 1 aromatic carbocycles. The summed E-state index contributed by atoms with van der Waals surface area (Å²) < 4.78 is 11.3. The van der Waals surface area contributed by atoms with E-state index < -0.39 is 0 Å². The summed E-state index contributed by atoms with van der Waals surface area (Å²) in [5.74, 6) is 1.82. The fourth-order valence-corrected chi connectivity index (χ4v) is 1.75. The second kappa shape index (κ2) is 7.82. The van der Waals surface area contributed by atoms with Gasteiger partial charge in [-0.3, -0.25) is 0 Å². The molecule has 0 aliphatic heterocycles. The summed E-state index contributed by atoms with van der Waals surface area (Å²) in [6.07, 6.45) is 0. The van der Waals surface area contributed by atoms with Crippen molar-refractivity contribution < 1.29 is 9.47 Å². The first-order chi connectivity index (χ1) is 7.01. The monoisotopic (exact) mass is 316 g/mol. The van der Waals surface area contributed by atoms with Gasteiger partial charge >= 0.3 is 79.5 Å². The van der Waals surface area contributed by atoms with E-state index in [1.807, 2.05) is 44.2 Å². The van der Waals surface area contributed by atoms with Gasteiger partial charge in [-0.1, -0.05) is 0 Å². The molecule has 0 saturated heterocycles. The van der Waals surface area contributed by atoms with E-state index in [1.54, 1.807) is 14.2 Å². The van der Waals surface area contributed by atoms with Crippen molar-refractivity contribution in [3.8, 4) is 11.5 Å². The Morgan fingerprint density at radius 1 is 1.07 bits per heavy atom. The van der Waals surface area contributed by atoms with Gasteiger partial charge in [-0.25, -0.2) is 0 Å². The predicted molar refractivity (Wildman–Crippen MR) is 64.5 cm³/mol. The van der Waals surface area contributed by atoms with E-state index in [0.29, 0.717) is 0 Å². The standard InChI is InChI=1S/C8H9O2.C3H9N.Sn/c1-9-7-3-5-8(10-2)6-4-7;1-4(2)3;/h3-5H,1-2H3;1-3H3;. The molecule has 0 N–H and O–H groups in total. The molecule has 3 radical (unpaired) electrons. The normalized spacial score (nSPS) is 9.27. The van der Waals surface area contributed by atoms with Crippen LogP contribution in [-0.2, 0) is 0 Å². The SMILES string of the molecule is CN(C)C.COc1ccc(OC)[c]([Sn])c1. The number of nitrogens with zero attached hydrogens (tertiary/aromatic N) is 1. The van der Waals surface area contributed by atoms with Gasteiger partial charge in [0.05, 0.1) is 0 Å². The third-order valence-electron chi connectivity index (χ3n) is 1.41. The first kappa shape index (κ1) is 14.6. The molecule has 0 saturated carbocycles. The molecule has 0 bridgehead atoms. The average Bonchev–Trinajstić information content (AvgIpc) is 2.16. The van der Waals surface area contributed by atoms with Crippen molar-refractivity contribution in [3.63, 3.8) is 0 Å². The summed E-state index contributed by atoms with van der Waals surface area (Å²) in [7, 11) is 9.34. The Hall–Kier alpha value is -0.421. The summed E-state index contributed by atoms with van der Waals surface area (Å²) in [5, 5.41) is 0. The van der Waals surface area contributed by atoms with E-state index in [9.17, 15) is 0 Å². The van der Waals surface area contributed by atoms with Crippen LogP contribution in [0.4, 0.5) is 0 Å². The Balaban J connectivity index is 0.000000423. The van der Waals surface area contributed by atoms with Crippen LogP contribution in [0.2, 0.25) is 0 Å². The molecule has 0 aromatic heterocycles. The number of benzene rings is 1. The maximum absolute atomic E-state index is 5.11. The van der Waals surface area contributed by atoms with Gasteiger partial charge in [-0.2, -0.15) is 0 Å². The summed E-state index contributed by atoms with van der Waals surface area (Å²) in [4.78, 5) is 2.00. The van der Waals surface area contributed by atoms with Gasteiger partial charge in [0.25, 0.3) is 0 Å². The Kier molecular flexibility index (Phi) is 7.60. The summed E-state index contributed by atoms with van der Waals surface area (Å²) in [6, 6.07) is 5.80. The average molecular weight is 315 g/mol. The fourth-order valence-electron chi connectivity index (χ4n) is 0.814. The van der Waals surface area contributed by atoms with Gasteiger partial charge in [0.1, 0.15) is 0 Å². The van der Waals surface area contributed by atoms with Crippen molar-refractivity contribution in [2.45, 2.75) is 0 Å². The van der Waals surface area contributed by atoms with Crippen LogP contribution in [0, 0.1) is 0 Å². The molecule has 0 amide bonds. The minimum absolute atomic E-state index is 0.887. The number of methoxy groups -OCH3 is 2. The quantitative estimate of drug-likeness (QED) is 0.749. The topological polar surface area (TPSA) is 21.7 Å². The molecule has 0 aliphatic carbocycles.